The van der Waals surface area contributed by atoms with Crippen molar-refractivity contribution in [3.63, 3.8) is 0 Å². The molecule has 0 fully saturated rings. The number of halogens is 1. The highest BCUT2D eigenvalue weighted by Gasteiger charge is 2.10. The molecule has 0 atom stereocenters. The van der Waals surface area contributed by atoms with Crippen LogP contribution in [0.3, 0.4) is 0 Å². The summed E-state index contributed by atoms with van der Waals surface area (Å²) in [6.07, 6.45) is 3.35. The number of hydrogen-bond donors (Lipinski definition) is 1. The minimum absolute atomic E-state index is 0.1000. The summed E-state index contributed by atoms with van der Waals surface area (Å²) in [5.41, 5.74) is 1.31. The zero-order valence-electron chi connectivity index (χ0n) is 8.59. The van der Waals surface area contributed by atoms with Crippen molar-refractivity contribution in [3.8, 4) is 16.3 Å². The number of phenolic OH excluding ortho intramolecular Hbond substituents is 1. The highest BCUT2D eigenvalue weighted by Crippen LogP contribution is 2.34. The molecule has 2 aromatic heterocycles. The summed E-state index contributed by atoms with van der Waals surface area (Å²) in [7, 11) is 0. The number of nitrogens with zero attached hydrogens (tertiary/aromatic N) is 2. The number of phenols is 1. The Hall–Kier alpha value is -2.01. The van der Waals surface area contributed by atoms with E-state index in [0.29, 0.717) is 10.6 Å². The minimum atomic E-state index is -0.464. The van der Waals surface area contributed by atoms with Crippen molar-refractivity contribution in [2.75, 3.05) is 0 Å². The Balaban J connectivity index is 2.20. The van der Waals surface area contributed by atoms with Crippen LogP contribution in [-0.4, -0.2) is 15.1 Å². The van der Waals surface area contributed by atoms with Crippen LogP contribution in [0, 0.1) is 5.82 Å². The van der Waals surface area contributed by atoms with Crippen molar-refractivity contribution in [3.05, 3.63) is 42.5 Å². The molecule has 0 saturated heterocycles. The molecule has 0 saturated carbocycles. The van der Waals surface area contributed by atoms with Gasteiger partial charge in [-0.05, 0) is 18.2 Å². The third kappa shape index (κ3) is 1.74. The molecule has 0 unspecified atom stereocenters. The molecule has 3 nitrogen and oxygen atoms in total. The van der Waals surface area contributed by atoms with Crippen LogP contribution in [0.4, 0.5) is 4.39 Å². The lowest BCUT2D eigenvalue weighted by Gasteiger charge is -1.99. The summed E-state index contributed by atoms with van der Waals surface area (Å²) in [6, 6.07) is 5.77. The van der Waals surface area contributed by atoms with E-state index in [0.717, 1.165) is 16.3 Å². The van der Waals surface area contributed by atoms with Gasteiger partial charge in [-0.1, -0.05) is 0 Å². The van der Waals surface area contributed by atoms with Gasteiger partial charge in [0.2, 0.25) is 0 Å². The van der Waals surface area contributed by atoms with Crippen molar-refractivity contribution in [1.29, 1.82) is 0 Å². The van der Waals surface area contributed by atoms with Gasteiger partial charge in [-0.15, -0.1) is 11.3 Å². The molecule has 0 aliphatic rings. The molecule has 0 aliphatic heterocycles. The number of fused-ring (bicyclic) bond motifs is 1. The van der Waals surface area contributed by atoms with E-state index in [4.69, 9.17) is 0 Å². The lowest BCUT2D eigenvalue weighted by molar-refractivity contribution is 0.471. The third-order valence-corrected chi connectivity index (χ3v) is 3.45. The normalized spacial score (nSPS) is 10.9. The first-order valence-corrected chi connectivity index (χ1v) is 5.75. The minimum Gasteiger partial charge on any atom is -0.507 e. The summed E-state index contributed by atoms with van der Waals surface area (Å²) in [5.74, 6) is -0.564. The van der Waals surface area contributed by atoms with E-state index in [1.54, 1.807) is 12.4 Å². The number of aromatic nitrogens is 2. The molecular formula is C12H7FN2OS. The van der Waals surface area contributed by atoms with Crippen LogP contribution in [0.15, 0.2) is 36.7 Å². The zero-order valence-corrected chi connectivity index (χ0v) is 9.41. The van der Waals surface area contributed by atoms with Crippen LogP contribution in [0.2, 0.25) is 0 Å². The van der Waals surface area contributed by atoms with Crippen molar-refractivity contribution >= 4 is 21.6 Å². The van der Waals surface area contributed by atoms with Gasteiger partial charge >= 0.3 is 0 Å². The Morgan fingerprint density at radius 2 is 2.12 bits per heavy atom. The Bertz CT molecular complexity index is 663. The fourth-order valence-electron chi connectivity index (χ4n) is 1.58. The Morgan fingerprint density at radius 1 is 1.24 bits per heavy atom. The quantitative estimate of drug-likeness (QED) is 0.717. The lowest BCUT2D eigenvalue weighted by atomic mass is 10.2. The fraction of sp³-hybridized carbons (Fsp3) is 0. The van der Waals surface area contributed by atoms with E-state index in [-0.39, 0.29) is 5.75 Å². The third-order valence-electron chi connectivity index (χ3n) is 2.38. The second-order valence-corrected chi connectivity index (χ2v) is 4.55. The molecule has 3 rings (SSSR count). The van der Waals surface area contributed by atoms with Crippen LogP contribution in [0.5, 0.6) is 5.75 Å². The second-order valence-electron chi connectivity index (χ2n) is 3.52. The van der Waals surface area contributed by atoms with E-state index < -0.39 is 5.82 Å². The predicted molar refractivity (Wildman–Crippen MR) is 64.5 cm³/mol. The number of aromatic hydroxyl groups is 1. The van der Waals surface area contributed by atoms with Gasteiger partial charge in [0.25, 0.3) is 0 Å². The van der Waals surface area contributed by atoms with Gasteiger partial charge in [0.15, 0.2) is 0 Å². The van der Waals surface area contributed by atoms with Gasteiger partial charge in [0, 0.05) is 12.3 Å². The number of benzene rings is 1. The number of rotatable bonds is 1. The molecule has 17 heavy (non-hydrogen) atoms. The van der Waals surface area contributed by atoms with Gasteiger partial charge in [-0.25, -0.2) is 9.37 Å². The molecule has 5 heteroatoms. The molecule has 2 heterocycles. The molecule has 1 N–H and O–H groups in total. The van der Waals surface area contributed by atoms with Crippen molar-refractivity contribution in [2.24, 2.45) is 0 Å². The van der Waals surface area contributed by atoms with Crippen molar-refractivity contribution in [1.82, 2.24) is 9.97 Å². The molecule has 0 spiro atoms. The topological polar surface area (TPSA) is 46.0 Å². The molecular weight excluding hydrogens is 239 g/mol. The zero-order chi connectivity index (χ0) is 11.8. The average Bonchev–Trinajstić information content (AvgIpc) is 2.72. The standard InChI is InChI=1S/C12H7FN2OS/c13-7-1-2-8(10(16)5-7)12-15-9-6-14-4-3-11(9)17-12/h1-6,16H. The maximum Gasteiger partial charge on any atom is 0.128 e. The average molecular weight is 246 g/mol. The van der Waals surface area contributed by atoms with Crippen LogP contribution in [0.25, 0.3) is 20.8 Å². The highest BCUT2D eigenvalue weighted by molar-refractivity contribution is 7.21. The maximum atomic E-state index is 12.9. The largest absolute Gasteiger partial charge is 0.507 e. The maximum absolute atomic E-state index is 12.9. The fourth-order valence-corrected chi connectivity index (χ4v) is 2.55. The molecule has 3 aromatic rings. The van der Waals surface area contributed by atoms with Crippen LogP contribution in [0.1, 0.15) is 0 Å². The van der Waals surface area contributed by atoms with Crippen LogP contribution >= 0.6 is 11.3 Å². The Morgan fingerprint density at radius 3 is 2.88 bits per heavy atom. The van der Waals surface area contributed by atoms with Crippen LogP contribution in [-0.2, 0) is 0 Å². The molecule has 0 aliphatic carbocycles. The van der Waals surface area contributed by atoms with Crippen molar-refractivity contribution in [2.45, 2.75) is 0 Å². The van der Waals surface area contributed by atoms with E-state index in [2.05, 4.69) is 9.97 Å². The van der Waals surface area contributed by atoms with Gasteiger partial charge in [0.05, 0.1) is 16.5 Å². The first kappa shape index (κ1) is 10.2. The summed E-state index contributed by atoms with van der Waals surface area (Å²) in [5, 5.41) is 10.3. The first-order valence-electron chi connectivity index (χ1n) is 4.93. The molecule has 84 valence electrons. The van der Waals surface area contributed by atoms with Gasteiger partial charge in [-0.2, -0.15) is 0 Å². The van der Waals surface area contributed by atoms with Gasteiger partial charge in [0.1, 0.15) is 22.1 Å². The summed E-state index contributed by atoms with van der Waals surface area (Å²) in [6.45, 7) is 0. The van der Waals surface area contributed by atoms with E-state index in [9.17, 15) is 9.50 Å². The van der Waals surface area contributed by atoms with Gasteiger partial charge in [-0.3, -0.25) is 4.98 Å². The molecule has 0 radical (unpaired) electrons. The Kier molecular flexibility index (Phi) is 2.26. The summed E-state index contributed by atoms with van der Waals surface area (Å²) < 4.78 is 13.9. The van der Waals surface area contributed by atoms with Crippen LogP contribution < -0.4 is 0 Å². The van der Waals surface area contributed by atoms with Crippen molar-refractivity contribution < 1.29 is 9.50 Å². The number of pyridine rings is 1. The first-order chi connectivity index (χ1) is 8.24. The van der Waals surface area contributed by atoms with E-state index in [1.165, 1.54) is 23.5 Å². The highest BCUT2D eigenvalue weighted by atomic mass is 32.1. The van der Waals surface area contributed by atoms with E-state index >= 15 is 0 Å². The summed E-state index contributed by atoms with van der Waals surface area (Å²) >= 11 is 1.44. The number of thiazole rings is 1. The van der Waals surface area contributed by atoms with Gasteiger partial charge < -0.3 is 5.11 Å². The second kappa shape index (κ2) is 3.78. The smallest absolute Gasteiger partial charge is 0.128 e. The summed E-state index contributed by atoms with van der Waals surface area (Å²) in [4.78, 5) is 8.33. The SMILES string of the molecule is Oc1cc(F)ccc1-c1nc2cnccc2s1. The molecule has 0 bridgehead atoms. The predicted octanol–water partition coefficient (Wildman–Crippen LogP) is 3.20. The van der Waals surface area contributed by atoms with E-state index in [1.807, 2.05) is 6.07 Å². The Labute approximate surface area is 100 Å². The lowest BCUT2D eigenvalue weighted by Crippen LogP contribution is -1.80. The monoisotopic (exact) mass is 246 g/mol. The molecule has 1 aromatic carbocycles. The molecule has 0 amide bonds. The number of hydrogen-bond acceptors (Lipinski definition) is 4.